The second kappa shape index (κ2) is 13.0. The van der Waals surface area contributed by atoms with Crippen molar-refractivity contribution in [2.75, 3.05) is 12.4 Å². The molecule has 3 rings (SSSR count). The molecule has 39 heavy (non-hydrogen) atoms. The number of hydrogen-bond donors (Lipinski definition) is 2. The molecule has 0 aliphatic rings. The molecule has 0 radical (unpaired) electrons. The molecule has 0 aliphatic carbocycles. The third-order valence-corrected chi connectivity index (χ3v) is 6.38. The first-order valence-electron chi connectivity index (χ1n) is 12.7. The highest BCUT2D eigenvalue weighted by Crippen LogP contribution is 2.28. The van der Waals surface area contributed by atoms with Crippen LogP contribution in [0.3, 0.4) is 0 Å². The minimum atomic E-state index is -1.01. The molecular weight excluding hydrogens is 503 g/mol. The van der Waals surface area contributed by atoms with E-state index in [1.54, 1.807) is 56.5 Å². The zero-order valence-electron chi connectivity index (χ0n) is 22.9. The highest BCUT2D eigenvalue weighted by atomic mass is 19.1. The largest absolute Gasteiger partial charge is 0.497 e. The molecule has 1 unspecified atom stereocenters. The Balaban J connectivity index is 1.93. The van der Waals surface area contributed by atoms with E-state index < -0.39 is 29.2 Å². The first-order valence-corrected chi connectivity index (χ1v) is 12.7. The topological polar surface area (TPSA) is 114 Å². The number of anilines is 1. The second-order valence-electron chi connectivity index (χ2n) is 9.92. The third-order valence-electron chi connectivity index (χ3n) is 6.38. The Morgan fingerprint density at radius 1 is 1.08 bits per heavy atom. The monoisotopic (exact) mass is 538 g/mol. The number of nitrogens with zero attached hydrogens (tertiary/aromatic N) is 2. The highest BCUT2D eigenvalue weighted by Gasteiger charge is 2.34. The van der Waals surface area contributed by atoms with Crippen LogP contribution >= 0.6 is 0 Å². The molecular formula is C29H35FN4O5. The summed E-state index contributed by atoms with van der Waals surface area (Å²) in [5.41, 5.74) is 0.675. The lowest BCUT2D eigenvalue weighted by molar-refractivity contribution is -0.142. The molecule has 0 bridgehead atoms. The van der Waals surface area contributed by atoms with Crippen molar-refractivity contribution in [2.24, 2.45) is 0 Å². The first-order chi connectivity index (χ1) is 18.5. The van der Waals surface area contributed by atoms with Gasteiger partial charge in [-0.05, 0) is 62.6 Å². The standard InChI is InChI=1S/C29H35FN4O5/c1-6-29(3,4)32-28(37)27(21-9-13-23(38-5)14-10-21)34(18-20-7-11-22(30)12-8-20)26(36)16-15-25(35)31-24-17-19(2)39-33-24/h7-14,17,27H,6,15-16,18H2,1-5H3,(H,32,37)(H,31,33,35). The smallest absolute Gasteiger partial charge is 0.247 e. The van der Waals surface area contributed by atoms with Crippen LogP contribution in [0.1, 0.15) is 63.0 Å². The molecule has 2 aromatic carbocycles. The molecule has 0 fully saturated rings. The van der Waals surface area contributed by atoms with E-state index in [1.165, 1.54) is 17.0 Å². The van der Waals surface area contributed by atoms with Crippen LogP contribution in [0, 0.1) is 12.7 Å². The Kier molecular flexibility index (Phi) is 9.81. The van der Waals surface area contributed by atoms with Crippen molar-refractivity contribution in [3.63, 3.8) is 0 Å². The SMILES string of the molecule is CCC(C)(C)NC(=O)C(c1ccc(OC)cc1)N(Cc1ccc(F)cc1)C(=O)CCC(=O)Nc1cc(C)on1. The summed E-state index contributed by atoms with van der Waals surface area (Å²) in [7, 11) is 1.54. The summed E-state index contributed by atoms with van der Waals surface area (Å²) in [5, 5.41) is 9.37. The van der Waals surface area contributed by atoms with Gasteiger partial charge in [0.1, 0.15) is 23.4 Å². The fourth-order valence-electron chi connectivity index (χ4n) is 3.85. The molecule has 0 spiro atoms. The van der Waals surface area contributed by atoms with Gasteiger partial charge in [-0.2, -0.15) is 0 Å². The van der Waals surface area contributed by atoms with Crippen molar-refractivity contribution in [2.45, 2.75) is 65.1 Å². The van der Waals surface area contributed by atoms with Crippen LogP contribution in [0.15, 0.2) is 59.1 Å². The summed E-state index contributed by atoms with van der Waals surface area (Å²) in [4.78, 5) is 41.4. The molecule has 1 heterocycles. The lowest BCUT2D eigenvalue weighted by Crippen LogP contribution is -2.50. The number of aromatic nitrogens is 1. The van der Waals surface area contributed by atoms with Gasteiger partial charge in [0, 0.05) is 31.0 Å². The molecule has 208 valence electrons. The highest BCUT2D eigenvalue weighted by molar-refractivity contribution is 5.94. The normalized spacial score (nSPS) is 11.9. The van der Waals surface area contributed by atoms with Gasteiger partial charge in [0.05, 0.1) is 7.11 Å². The van der Waals surface area contributed by atoms with Crippen LogP contribution in [-0.2, 0) is 20.9 Å². The molecule has 0 aliphatic heterocycles. The lowest BCUT2D eigenvalue weighted by atomic mass is 9.98. The van der Waals surface area contributed by atoms with E-state index in [9.17, 15) is 18.8 Å². The van der Waals surface area contributed by atoms with Gasteiger partial charge in [0.25, 0.3) is 0 Å². The quantitative estimate of drug-likeness (QED) is 0.338. The summed E-state index contributed by atoms with van der Waals surface area (Å²) in [5.74, 6) is -0.230. The van der Waals surface area contributed by atoms with E-state index in [1.807, 2.05) is 20.8 Å². The van der Waals surface area contributed by atoms with Gasteiger partial charge in [0.15, 0.2) is 5.82 Å². The molecule has 3 amide bonds. The van der Waals surface area contributed by atoms with E-state index in [-0.39, 0.29) is 31.1 Å². The van der Waals surface area contributed by atoms with E-state index in [2.05, 4.69) is 15.8 Å². The maximum absolute atomic E-state index is 13.8. The van der Waals surface area contributed by atoms with Crippen molar-refractivity contribution in [1.29, 1.82) is 0 Å². The number of carbonyl (C=O) groups is 3. The van der Waals surface area contributed by atoms with Gasteiger partial charge in [-0.25, -0.2) is 4.39 Å². The fraction of sp³-hybridized carbons (Fsp3) is 0.379. The van der Waals surface area contributed by atoms with Gasteiger partial charge in [-0.3, -0.25) is 14.4 Å². The molecule has 0 saturated heterocycles. The molecule has 1 atom stereocenters. The maximum atomic E-state index is 13.8. The van der Waals surface area contributed by atoms with Crippen molar-refractivity contribution < 1.29 is 28.0 Å². The number of hydrogen-bond acceptors (Lipinski definition) is 6. The average molecular weight is 539 g/mol. The Morgan fingerprint density at radius 3 is 2.31 bits per heavy atom. The first kappa shape index (κ1) is 29.3. The number of methoxy groups -OCH3 is 1. The predicted molar refractivity (Wildman–Crippen MR) is 144 cm³/mol. The van der Waals surface area contributed by atoms with E-state index in [4.69, 9.17) is 9.26 Å². The number of carbonyl (C=O) groups excluding carboxylic acids is 3. The van der Waals surface area contributed by atoms with Crippen LogP contribution in [0.5, 0.6) is 5.75 Å². The predicted octanol–water partition coefficient (Wildman–Crippen LogP) is 4.92. The lowest BCUT2D eigenvalue weighted by Gasteiger charge is -2.35. The van der Waals surface area contributed by atoms with Gasteiger partial charge in [-0.1, -0.05) is 36.3 Å². The summed E-state index contributed by atoms with van der Waals surface area (Å²) < 4.78 is 23.8. The van der Waals surface area contributed by atoms with Crippen LogP contribution in [0.25, 0.3) is 0 Å². The Morgan fingerprint density at radius 2 is 1.74 bits per heavy atom. The minimum Gasteiger partial charge on any atom is -0.497 e. The van der Waals surface area contributed by atoms with E-state index >= 15 is 0 Å². The molecule has 0 saturated carbocycles. The Labute approximate surface area is 227 Å². The molecule has 3 aromatic rings. The number of amides is 3. The number of nitrogens with one attached hydrogen (secondary N) is 2. The van der Waals surface area contributed by atoms with Crippen LogP contribution < -0.4 is 15.4 Å². The molecule has 9 nitrogen and oxygen atoms in total. The van der Waals surface area contributed by atoms with Crippen molar-refractivity contribution in [1.82, 2.24) is 15.4 Å². The molecule has 2 N–H and O–H groups in total. The van der Waals surface area contributed by atoms with Crippen LogP contribution in [0.2, 0.25) is 0 Å². The van der Waals surface area contributed by atoms with Crippen LogP contribution in [-0.4, -0.2) is 40.4 Å². The number of rotatable bonds is 12. The summed E-state index contributed by atoms with van der Waals surface area (Å²) in [6.45, 7) is 7.48. The van der Waals surface area contributed by atoms with Crippen LogP contribution in [0.4, 0.5) is 10.2 Å². The van der Waals surface area contributed by atoms with E-state index in [0.717, 1.165) is 0 Å². The summed E-state index contributed by atoms with van der Waals surface area (Å²) >= 11 is 0. The number of ether oxygens (including phenoxy) is 1. The maximum Gasteiger partial charge on any atom is 0.247 e. The second-order valence-corrected chi connectivity index (χ2v) is 9.92. The van der Waals surface area contributed by atoms with Crippen molar-refractivity contribution >= 4 is 23.5 Å². The summed E-state index contributed by atoms with van der Waals surface area (Å²) in [6.07, 6.45) is 0.366. The zero-order valence-corrected chi connectivity index (χ0v) is 22.9. The Bertz CT molecular complexity index is 1270. The van der Waals surface area contributed by atoms with Crippen molar-refractivity contribution in [3.05, 3.63) is 77.3 Å². The fourth-order valence-corrected chi connectivity index (χ4v) is 3.85. The number of benzene rings is 2. The van der Waals surface area contributed by atoms with Gasteiger partial charge in [-0.15, -0.1) is 0 Å². The average Bonchev–Trinajstić information content (AvgIpc) is 3.32. The van der Waals surface area contributed by atoms with Gasteiger partial charge >= 0.3 is 0 Å². The molecule has 10 heteroatoms. The third kappa shape index (κ3) is 8.39. The zero-order chi connectivity index (χ0) is 28.6. The van der Waals surface area contributed by atoms with Gasteiger partial charge < -0.3 is 24.8 Å². The van der Waals surface area contributed by atoms with E-state index in [0.29, 0.717) is 29.1 Å². The Hall–Kier alpha value is -4.21. The number of halogens is 1. The number of aryl methyl sites for hydroxylation is 1. The molecule has 1 aromatic heterocycles. The minimum absolute atomic E-state index is 0.0277. The summed E-state index contributed by atoms with van der Waals surface area (Å²) in [6, 6.07) is 13.2. The van der Waals surface area contributed by atoms with Gasteiger partial charge in [0.2, 0.25) is 17.7 Å². The van der Waals surface area contributed by atoms with Crippen molar-refractivity contribution in [3.8, 4) is 5.75 Å².